The molecule has 0 spiro atoms. The fourth-order valence-electron chi connectivity index (χ4n) is 3.30. The normalized spacial score (nSPS) is 14.7. The van der Waals surface area contributed by atoms with E-state index < -0.39 is 0 Å². The van der Waals surface area contributed by atoms with Crippen LogP contribution in [0.1, 0.15) is 27.0 Å². The van der Waals surface area contributed by atoms with E-state index in [9.17, 15) is 14.0 Å². The summed E-state index contributed by atoms with van der Waals surface area (Å²) < 4.78 is 13.2. The highest BCUT2D eigenvalue weighted by Gasteiger charge is 2.22. The molecule has 154 valence electrons. The first-order valence-corrected chi connectivity index (χ1v) is 10.0. The van der Waals surface area contributed by atoms with Gasteiger partial charge < -0.3 is 10.2 Å². The Kier molecular flexibility index (Phi) is 6.87. The van der Waals surface area contributed by atoms with E-state index in [-0.39, 0.29) is 24.2 Å². The Morgan fingerprint density at radius 2 is 1.76 bits per heavy atom. The quantitative estimate of drug-likeness (QED) is 0.813. The molecule has 0 bridgehead atoms. The van der Waals surface area contributed by atoms with Crippen molar-refractivity contribution >= 4 is 23.4 Å². The molecular formula is C22H25ClFN3O2. The van der Waals surface area contributed by atoms with E-state index >= 15 is 0 Å². The van der Waals surface area contributed by atoms with Gasteiger partial charge in [0.25, 0.3) is 5.91 Å². The molecule has 1 heterocycles. The Bertz CT molecular complexity index is 911. The molecule has 2 aromatic carbocycles. The number of aryl methyl sites for hydroxylation is 2. The molecule has 7 heteroatoms. The lowest BCUT2D eigenvalue weighted by atomic mass is 10.1. The zero-order chi connectivity index (χ0) is 21.0. The first-order chi connectivity index (χ1) is 13.8. The minimum atomic E-state index is -0.350. The maximum Gasteiger partial charge on any atom is 0.251 e. The number of halogens is 2. The van der Waals surface area contributed by atoms with E-state index in [1.165, 1.54) is 12.1 Å². The van der Waals surface area contributed by atoms with Crippen molar-refractivity contribution in [3.05, 3.63) is 69.5 Å². The predicted octanol–water partition coefficient (Wildman–Crippen LogP) is 3.17. The van der Waals surface area contributed by atoms with Crippen molar-refractivity contribution in [2.24, 2.45) is 0 Å². The lowest BCUT2D eigenvalue weighted by Gasteiger charge is -2.35. The number of hydrogen-bond acceptors (Lipinski definition) is 3. The van der Waals surface area contributed by atoms with Crippen molar-refractivity contribution in [1.82, 2.24) is 15.1 Å². The number of nitrogens with zero attached hydrogens (tertiary/aromatic N) is 2. The lowest BCUT2D eigenvalue weighted by molar-refractivity contribution is -0.131. The van der Waals surface area contributed by atoms with E-state index in [0.717, 1.165) is 16.7 Å². The molecule has 0 radical (unpaired) electrons. The number of nitrogens with one attached hydrogen (secondary N) is 1. The van der Waals surface area contributed by atoms with Crippen LogP contribution in [0.3, 0.4) is 0 Å². The Balaban J connectivity index is 1.46. The van der Waals surface area contributed by atoms with Crippen molar-refractivity contribution in [2.75, 3.05) is 32.7 Å². The van der Waals surface area contributed by atoms with Gasteiger partial charge in [-0.1, -0.05) is 23.7 Å². The molecule has 2 amide bonds. The van der Waals surface area contributed by atoms with Gasteiger partial charge in [0.2, 0.25) is 5.91 Å². The number of rotatable bonds is 5. The summed E-state index contributed by atoms with van der Waals surface area (Å²) in [7, 11) is 0. The van der Waals surface area contributed by atoms with Crippen LogP contribution in [0.2, 0.25) is 5.02 Å². The van der Waals surface area contributed by atoms with Gasteiger partial charge in [-0.25, -0.2) is 4.39 Å². The summed E-state index contributed by atoms with van der Waals surface area (Å²) >= 11 is 6.10. The van der Waals surface area contributed by atoms with Crippen molar-refractivity contribution in [2.45, 2.75) is 20.4 Å². The molecule has 2 aromatic rings. The predicted molar refractivity (Wildman–Crippen MR) is 112 cm³/mol. The van der Waals surface area contributed by atoms with E-state index in [2.05, 4.69) is 10.2 Å². The third-order valence-corrected chi connectivity index (χ3v) is 5.66. The van der Waals surface area contributed by atoms with Gasteiger partial charge in [-0.15, -0.1) is 0 Å². The van der Waals surface area contributed by atoms with Crippen LogP contribution in [0.4, 0.5) is 4.39 Å². The summed E-state index contributed by atoms with van der Waals surface area (Å²) in [5.74, 6) is -0.690. The molecule has 3 rings (SSSR count). The van der Waals surface area contributed by atoms with Gasteiger partial charge in [0, 0.05) is 43.3 Å². The summed E-state index contributed by atoms with van der Waals surface area (Å²) in [4.78, 5) is 28.6. The second-order valence-corrected chi connectivity index (χ2v) is 7.78. The van der Waals surface area contributed by atoms with Crippen LogP contribution in [0, 0.1) is 19.7 Å². The molecule has 0 aliphatic carbocycles. The summed E-state index contributed by atoms with van der Waals surface area (Å²) in [5.41, 5.74) is 3.59. The lowest BCUT2D eigenvalue weighted by Crippen LogP contribution is -2.50. The summed E-state index contributed by atoms with van der Waals surface area (Å²) in [6.45, 7) is 7.10. The van der Waals surface area contributed by atoms with Crippen LogP contribution in [-0.2, 0) is 11.3 Å². The number of carbonyl (C=O) groups is 2. The second kappa shape index (κ2) is 9.37. The van der Waals surface area contributed by atoms with Gasteiger partial charge in [0.1, 0.15) is 5.82 Å². The van der Waals surface area contributed by atoms with E-state index in [4.69, 9.17) is 11.6 Å². The Morgan fingerprint density at radius 1 is 1.03 bits per heavy atom. The zero-order valence-corrected chi connectivity index (χ0v) is 17.4. The van der Waals surface area contributed by atoms with Gasteiger partial charge in [-0.3, -0.25) is 14.5 Å². The van der Waals surface area contributed by atoms with Crippen LogP contribution in [0.15, 0.2) is 36.4 Å². The average Bonchev–Trinajstić information content (AvgIpc) is 2.70. The van der Waals surface area contributed by atoms with Gasteiger partial charge >= 0.3 is 0 Å². The molecule has 1 aliphatic heterocycles. The number of amides is 2. The van der Waals surface area contributed by atoms with Crippen LogP contribution in [-0.4, -0.2) is 54.3 Å². The van der Waals surface area contributed by atoms with Crippen LogP contribution in [0.25, 0.3) is 0 Å². The molecule has 0 unspecified atom stereocenters. The molecule has 0 atom stereocenters. The molecule has 1 fully saturated rings. The topological polar surface area (TPSA) is 52.7 Å². The average molecular weight is 418 g/mol. The minimum absolute atomic E-state index is 0.0183. The molecule has 1 saturated heterocycles. The van der Waals surface area contributed by atoms with E-state index in [0.29, 0.717) is 43.3 Å². The summed E-state index contributed by atoms with van der Waals surface area (Å²) in [6, 6.07) is 9.90. The van der Waals surface area contributed by atoms with Crippen molar-refractivity contribution in [3.63, 3.8) is 0 Å². The van der Waals surface area contributed by atoms with E-state index in [1.807, 2.05) is 26.0 Å². The smallest absolute Gasteiger partial charge is 0.251 e. The SMILES string of the molecule is Cc1ccc(C(=O)NCC(=O)N2CCN(Cc3ccc(F)cc3Cl)CC2)cc1C. The summed E-state index contributed by atoms with van der Waals surface area (Å²) in [5, 5.41) is 3.12. The number of benzene rings is 2. The van der Waals surface area contributed by atoms with E-state index in [1.54, 1.807) is 17.0 Å². The monoisotopic (exact) mass is 417 g/mol. The highest BCUT2D eigenvalue weighted by atomic mass is 35.5. The third kappa shape index (κ3) is 5.55. The Hall–Kier alpha value is -2.44. The van der Waals surface area contributed by atoms with Crippen molar-refractivity contribution < 1.29 is 14.0 Å². The molecule has 1 aliphatic rings. The number of carbonyl (C=O) groups excluding carboxylic acids is 2. The Morgan fingerprint density at radius 3 is 2.41 bits per heavy atom. The van der Waals surface area contributed by atoms with Crippen molar-refractivity contribution in [1.29, 1.82) is 0 Å². The largest absolute Gasteiger partial charge is 0.343 e. The van der Waals surface area contributed by atoms with Gasteiger partial charge in [-0.05, 0) is 54.8 Å². The molecule has 0 saturated carbocycles. The maximum absolute atomic E-state index is 13.2. The molecule has 5 nitrogen and oxygen atoms in total. The number of piperazine rings is 1. The van der Waals surface area contributed by atoms with Gasteiger partial charge in [0.05, 0.1) is 6.54 Å². The molecular weight excluding hydrogens is 393 g/mol. The standard InChI is InChI=1S/C22H25ClFN3O2/c1-15-3-4-17(11-16(15)2)22(29)25-13-21(28)27-9-7-26(8-10-27)14-18-5-6-19(24)12-20(18)23/h3-6,11-12H,7-10,13-14H2,1-2H3,(H,25,29). The minimum Gasteiger partial charge on any atom is -0.343 e. The fourth-order valence-corrected chi connectivity index (χ4v) is 3.53. The zero-order valence-electron chi connectivity index (χ0n) is 16.7. The highest BCUT2D eigenvalue weighted by Crippen LogP contribution is 2.19. The fraction of sp³-hybridized carbons (Fsp3) is 0.364. The number of hydrogen-bond donors (Lipinski definition) is 1. The van der Waals surface area contributed by atoms with Crippen molar-refractivity contribution in [3.8, 4) is 0 Å². The second-order valence-electron chi connectivity index (χ2n) is 7.37. The molecule has 29 heavy (non-hydrogen) atoms. The summed E-state index contributed by atoms with van der Waals surface area (Å²) in [6.07, 6.45) is 0. The van der Waals surface area contributed by atoms with Crippen LogP contribution in [0.5, 0.6) is 0 Å². The molecule has 0 aromatic heterocycles. The molecule has 1 N–H and O–H groups in total. The third-order valence-electron chi connectivity index (χ3n) is 5.30. The highest BCUT2D eigenvalue weighted by molar-refractivity contribution is 6.31. The van der Waals surface area contributed by atoms with Crippen LogP contribution >= 0.6 is 11.6 Å². The maximum atomic E-state index is 13.2. The van der Waals surface area contributed by atoms with Gasteiger partial charge in [0.15, 0.2) is 0 Å². The Labute approximate surface area is 175 Å². The first kappa shape index (κ1) is 21.3. The first-order valence-electron chi connectivity index (χ1n) is 9.63. The van der Waals surface area contributed by atoms with Gasteiger partial charge in [-0.2, -0.15) is 0 Å². The van der Waals surface area contributed by atoms with Crippen LogP contribution < -0.4 is 5.32 Å².